The maximum Gasteiger partial charge on any atom is 0.0701 e. The van der Waals surface area contributed by atoms with Gasteiger partial charge in [-0.15, -0.1) is 0 Å². The minimum Gasteiger partial charge on any atom is -0.394 e. The number of aliphatic hydroxyl groups excluding tert-OH is 1. The molecule has 0 saturated heterocycles. The first-order valence-corrected chi connectivity index (χ1v) is 3.98. The lowest BCUT2D eigenvalue weighted by molar-refractivity contribution is 0.0691. The second kappa shape index (κ2) is 3.35. The van der Waals surface area contributed by atoms with E-state index in [4.69, 9.17) is 9.84 Å². The minimum absolute atomic E-state index is 0.154. The monoisotopic (exact) mass is 144 g/mol. The number of hydrogen-bond acceptors (Lipinski definition) is 2. The predicted molar refractivity (Wildman–Crippen MR) is 39.8 cm³/mol. The van der Waals surface area contributed by atoms with Gasteiger partial charge in [0.2, 0.25) is 0 Å². The molecule has 10 heavy (non-hydrogen) atoms. The van der Waals surface area contributed by atoms with Crippen molar-refractivity contribution in [2.45, 2.75) is 26.4 Å². The lowest BCUT2D eigenvalue weighted by atomic mass is 10.1. The van der Waals surface area contributed by atoms with Crippen molar-refractivity contribution in [3.63, 3.8) is 0 Å². The van der Waals surface area contributed by atoms with Crippen molar-refractivity contribution in [1.82, 2.24) is 0 Å². The van der Waals surface area contributed by atoms with Crippen LogP contribution < -0.4 is 0 Å². The van der Waals surface area contributed by atoms with Crippen LogP contribution in [0.3, 0.4) is 0 Å². The Hall–Kier alpha value is -0.0800. The van der Waals surface area contributed by atoms with Crippen LogP contribution in [0.15, 0.2) is 0 Å². The van der Waals surface area contributed by atoms with E-state index in [1.54, 1.807) is 0 Å². The molecule has 0 bridgehead atoms. The van der Waals surface area contributed by atoms with Crippen LogP contribution in [-0.4, -0.2) is 24.4 Å². The zero-order valence-corrected chi connectivity index (χ0v) is 6.71. The van der Waals surface area contributed by atoms with Crippen molar-refractivity contribution in [3.8, 4) is 0 Å². The molecule has 0 aromatic heterocycles. The Kier molecular flexibility index (Phi) is 2.69. The van der Waals surface area contributed by atoms with Gasteiger partial charge < -0.3 is 9.84 Å². The molecular formula is C8H16O2. The summed E-state index contributed by atoms with van der Waals surface area (Å²) in [6, 6.07) is 0. The average Bonchev–Trinajstić information content (AvgIpc) is 2.62. The summed E-state index contributed by atoms with van der Waals surface area (Å²) in [7, 11) is 0. The molecule has 0 spiro atoms. The molecule has 0 amide bonds. The van der Waals surface area contributed by atoms with E-state index in [0.29, 0.717) is 12.7 Å². The van der Waals surface area contributed by atoms with Crippen molar-refractivity contribution >= 4 is 0 Å². The molecule has 1 rings (SSSR count). The summed E-state index contributed by atoms with van der Waals surface area (Å²) in [6.07, 6.45) is 1.64. The van der Waals surface area contributed by atoms with Crippen LogP contribution in [0.25, 0.3) is 0 Å². The second-order valence-corrected chi connectivity index (χ2v) is 3.28. The molecule has 2 heteroatoms. The molecule has 2 nitrogen and oxygen atoms in total. The van der Waals surface area contributed by atoms with Crippen LogP contribution >= 0.6 is 0 Å². The van der Waals surface area contributed by atoms with Crippen molar-refractivity contribution in [1.29, 1.82) is 0 Å². The SMILES string of the molecule is CC(C)C1CC1OCCO. The van der Waals surface area contributed by atoms with Gasteiger partial charge in [-0.2, -0.15) is 0 Å². The third-order valence-corrected chi connectivity index (χ3v) is 2.06. The highest BCUT2D eigenvalue weighted by atomic mass is 16.5. The summed E-state index contributed by atoms with van der Waals surface area (Å²) in [5.74, 6) is 1.50. The summed E-state index contributed by atoms with van der Waals surface area (Å²) >= 11 is 0. The minimum atomic E-state index is 0.154. The molecule has 0 heterocycles. The fraction of sp³-hybridized carbons (Fsp3) is 1.00. The molecule has 1 aliphatic rings. The van der Waals surface area contributed by atoms with Crippen LogP contribution in [0.5, 0.6) is 0 Å². The molecule has 1 saturated carbocycles. The zero-order valence-electron chi connectivity index (χ0n) is 6.71. The molecule has 2 atom stereocenters. The highest BCUT2D eigenvalue weighted by Gasteiger charge is 2.39. The third kappa shape index (κ3) is 1.96. The summed E-state index contributed by atoms with van der Waals surface area (Å²) in [4.78, 5) is 0. The molecule has 2 unspecified atom stereocenters. The van der Waals surface area contributed by atoms with E-state index < -0.39 is 0 Å². The van der Waals surface area contributed by atoms with E-state index in [1.807, 2.05) is 0 Å². The first-order chi connectivity index (χ1) is 4.75. The standard InChI is InChI=1S/C8H16O2/c1-6(2)7-5-8(7)10-4-3-9/h6-9H,3-5H2,1-2H3. The normalized spacial score (nSPS) is 31.2. The van der Waals surface area contributed by atoms with Crippen LogP contribution in [0.2, 0.25) is 0 Å². The first-order valence-electron chi connectivity index (χ1n) is 3.98. The van der Waals surface area contributed by atoms with Gasteiger partial charge in [-0.3, -0.25) is 0 Å². The largest absolute Gasteiger partial charge is 0.394 e. The van der Waals surface area contributed by atoms with Crippen molar-refractivity contribution < 1.29 is 9.84 Å². The van der Waals surface area contributed by atoms with E-state index in [9.17, 15) is 0 Å². The van der Waals surface area contributed by atoms with E-state index >= 15 is 0 Å². The Balaban J connectivity index is 2.02. The van der Waals surface area contributed by atoms with Gasteiger partial charge in [-0.1, -0.05) is 13.8 Å². The molecule has 0 aromatic rings. The Morgan fingerprint density at radius 1 is 1.60 bits per heavy atom. The van der Waals surface area contributed by atoms with Gasteiger partial charge in [0.15, 0.2) is 0 Å². The quantitative estimate of drug-likeness (QED) is 0.638. The lowest BCUT2D eigenvalue weighted by Gasteiger charge is -2.02. The number of hydrogen-bond donors (Lipinski definition) is 1. The maximum absolute atomic E-state index is 8.44. The number of aliphatic hydroxyl groups is 1. The fourth-order valence-corrected chi connectivity index (χ4v) is 1.29. The van der Waals surface area contributed by atoms with Gasteiger partial charge >= 0.3 is 0 Å². The van der Waals surface area contributed by atoms with E-state index in [1.165, 1.54) is 6.42 Å². The van der Waals surface area contributed by atoms with Gasteiger partial charge in [0.1, 0.15) is 0 Å². The third-order valence-electron chi connectivity index (χ3n) is 2.06. The van der Waals surface area contributed by atoms with Gasteiger partial charge in [0.25, 0.3) is 0 Å². The van der Waals surface area contributed by atoms with Crippen LogP contribution in [0, 0.1) is 11.8 Å². The van der Waals surface area contributed by atoms with Crippen molar-refractivity contribution in [2.75, 3.05) is 13.2 Å². The Labute approximate surface area is 62.2 Å². The predicted octanol–water partition coefficient (Wildman–Crippen LogP) is 1.04. The van der Waals surface area contributed by atoms with E-state index in [2.05, 4.69) is 13.8 Å². The first kappa shape index (κ1) is 8.02. The van der Waals surface area contributed by atoms with Crippen LogP contribution in [0.4, 0.5) is 0 Å². The molecule has 0 aromatic carbocycles. The van der Waals surface area contributed by atoms with E-state index in [-0.39, 0.29) is 6.61 Å². The molecule has 60 valence electrons. The fourth-order valence-electron chi connectivity index (χ4n) is 1.29. The number of ether oxygens (including phenoxy) is 1. The van der Waals surface area contributed by atoms with Gasteiger partial charge in [0.05, 0.1) is 19.3 Å². The lowest BCUT2D eigenvalue weighted by Crippen LogP contribution is -2.05. The van der Waals surface area contributed by atoms with Crippen LogP contribution in [0.1, 0.15) is 20.3 Å². The summed E-state index contributed by atoms with van der Waals surface area (Å²) in [6.45, 7) is 5.09. The second-order valence-electron chi connectivity index (χ2n) is 3.28. The number of rotatable bonds is 4. The molecule has 1 aliphatic carbocycles. The molecule has 1 fully saturated rings. The maximum atomic E-state index is 8.44. The van der Waals surface area contributed by atoms with Crippen molar-refractivity contribution in [2.24, 2.45) is 11.8 Å². The van der Waals surface area contributed by atoms with Gasteiger partial charge in [-0.05, 0) is 18.3 Å². The summed E-state index contributed by atoms with van der Waals surface area (Å²) < 4.78 is 5.33. The Bertz CT molecular complexity index is 101. The zero-order chi connectivity index (χ0) is 7.56. The summed E-state index contributed by atoms with van der Waals surface area (Å²) in [5.41, 5.74) is 0. The topological polar surface area (TPSA) is 29.5 Å². The Morgan fingerprint density at radius 3 is 2.70 bits per heavy atom. The Morgan fingerprint density at radius 2 is 2.30 bits per heavy atom. The highest BCUT2D eigenvalue weighted by Crippen LogP contribution is 2.39. The van der Waals surface area contributed by atoms with Gasteiger partial charge in [0, 0.05) is 0 Å². The summed E-state index contributed by atoms with van der Waals surface area (Å²) in [5, 5.41) is 8.44. The van der Waals surface area contributed by atoms with Crippen molar-refractivity contribution in [3.05, 3.63) is 0 Å². The molecule has 0 radical (unpaired) electrons. The average molecular weight is 144 g/mol. The highest BCUT2D eigenvalue weighted by molar-refractivity contribution is 4.89. The van der Waals surface area contributed by atoms with Gasteiger partial charge in [-0.25, -0.2) is 0 Å². The molecular weight excluding hydrogens is 128 g/mol. The van der Waals surface area contributed by atoms with E-state index in [0.717, 1.165) is 11.8 Å². The molecule has 0 aliphatic heterocycles. The molecule has 1 N–H and O–H groups in total. The smallest absolute Gasteiger partial charge is 0.0701 e. The van der Waals surface area contributed by atoms with Crippen LogP contribution in [-0.2, 0) is 4.74 Å².